The number of carbonyl (C=O) groups is 1. The molecule has 152 valence electrons. The maximum absolute atomic E-state index is 12.8. The molecule has 0 bridgehead atoms. The van der Waals surface area contributed by atoms with Crippen molar-refractivity contribution in [2.24, 2.45) is 0 Å². The van der Waals surface area contributed by atoms with E-state index < -0.39 is 0 Å². The average molecular weight is 420 g/mol. The summed E-state index contributed by atoms with van der Waals surface area (Å²) >= 11 is 1.27. The minimum atomic E-state index is -0.147. The summed E-state index contributed by atoms with van der Waals surface area (Å²) in [4.78, 5) is 29.3. The molecule has 3 aromatic heterocycles. The van der Waals surface area contributed by atoms with Gasteiger partial charge in [-0.1, -0.05) is 30.0 Å². The predicted molar refractivity (Wildman–Crippen MR) is 116 cm³/mol. The van der Waals surface area contributed by atoms with E-state index in [9.17, 15) is 9.59 Å². The summed E-state index contributed by atoms with van der Waals surface area (Å²) < 4.78 is 3.34. The number of para-hydroxylation sites is 1. The first kappa shape index (κ1) is 19.8. The number of allylic oxidation sites excluding steroid dienone is 1. The number of fused-ring (bicyclic) bond motifs is 3. The highest BCUT2D eigenvalue weighted by Gasteiger charge is 2.17. The quantitative estimate of drug-likeness (QED) is 0.365. The Bertz CT molecular complexity index is 1280. The molecule has 4 rings (SSSR count). The molecule has 30 heavy (non-hydrogen) atoms. The molecule has 0 aliphatic heterocycles. The smallest absolute Gasteiger partial charge is 0.263 e. The summed E-state index contributed by atoms with van der Waals surface area (Å²) in [6.45, 7) is 5.97. The highest BCUT2D eigenvalue weighted by molar-refractivity contribution is 7.99. The Morgan fingerprint density at radius 3 is 2.77 bits per heavy atom. The fourth-order valence-corrected chi connectivity index (χ4v) is 4.02. The van der Waals surface area contributed by atoms with Gasteiger partial charge in [-0.25, -0.2) is 0 Å². The zero-order chi connectivity index (χ0) is 21.1. The van der Waals surface area contributed by atoms with E-state index in [0.717, 1.165) is 5.56 Å². The molecule has 0 radical (unpaired) electrons. The SMILES string of the molecule is C=CCn1c(=O)c2ccccc2n2c(SCC(=O)NC(C)c3ccncc3)nnc12. The van der Waals surface area contributed by atoms with Gasteiger partial charge in [0.2, 0.25) is 11.7 Å². The summed E-state index contributed by atoms with van der Waals surface area (Å²) in [6.07, 6.45) is 5.04. The second-order valence-corrected chi connectivity index (χ2v) is 7.64. The molecular formula is C21H20N6O2S. The molecule has 3 heterocycles. The largest absolute Gasteiger partial charge is 0.349 e. The first-order valence-electron chi connectivity index (χ1n) is 9.40. The number of pyridine rings is 1. The third-order valence-electron chi connectivity index (χ3n) is 4.71. The van der Waals surface area contributed by atoms with Gasteiger partial charge in [-0.05, 0) is 36.8 Å². The van der Waals surface area contributed by atoms with Gasteiger partial charge >= 0.3 is 0 Å². The summed E-state index contributed by atoms with van der Waals surface area (Å²) in [5, 5.41) is 12.5. The van der Waals surface area contributed by atoms with Crippen molar-refractivity contribution < 1.29 is 4.79 Å². The van der Waals surface area contributed by atoms with Crippen molar-refractivity contribution in [2.75, 3.05) is 5.75 Å². The van der Waals surface area contributed by atoms with Crippen molar-refractivity contribution in [1.29, 1.82) is 0 Å². The fourth-order valence-electron chi connectivity index (χ4n) is 3.27. The van der Waals surface area contributed by atoms with Gasteiger partial charge in [-0.15, -0.1) is 16.8 Å². The third kappa shape index (κ3) is 3.71. The standard InChI is InChI=1S/C21H20N6O2S/c1-3-12-26-19(29)16-6-4-5-7-17(16)27-20(26)24-25-21(27)30-13-18(28)23-14(2)15-8-10-22-11-9-15/h3-11,14H,1,12-13H2,2H3,(H,23,28). The maximum atomic E-state index is 12.8. The molecule has 1 N–H and O–H groups in total. The van der Waals surface area contributed by atoms with Gasteiger partial charge in [-0.3, -0.25) is 23.5 Å². The number of rotatable bonds is 7. The Morgan fingerprint density at radius 2 is 2.00 bits per heavy atom. The van der Waals surface area contributed by atoms with Gasteiger partial charge in [-0.2, -0.15) is 0 Å². The van der Waals surface area contributed by atoms with E-state index in [1.165, 1.54) is 16.3 Å². The van der Waals surface area contributed by atoms with Gasteiger partial charge in [0, 0.05) is 18.9 Å². The van der Waals surface area contributed by atoms with Crippen LogP contribution in [0.25, 0.3) is 16.7 Å². The van der Waals surface area contributed by atoms with E-state index in [2.05, 4.69) is 27.1 Å². The Morgan fingerprint density at radius 1 is 1.23 bits per heavy atom. The van der Waals surface area contributed by atoms with Crippen LogP contribution in [-0.4, -0.2) is 35.8 Å². The number of hydrogen-bond donors (Lipinski definition) is 1. The van der Waals surface area contributed by atoms with Crippen molar-refractivity contribution >= 4 is 34.3 Å². The number of hydrogen-bond acceptors (Lipinski definition) is 6. The molecule has 0 saturated carbocycles. The summed E-state index contributed by atoms with van der Waals surface area (Å²) in [7, 11) is 0. The van der Waals surface area contributed by atoms with Gasteiger partial charge in [0.15, 0.2) is 5.16 Å². The van der Waals surface area contributed by atoms with E-state index in [1.807, 2.05) is 41.7 Å². The Balaban J connectivity index is 1.61. The van der Waals surface area contributed by atoms with Gasteiger partial charge in [0.05, 0.1) is 22.7 Å². The van der Waals surface area contributed by atoms with Crippen molar-refractivity contribution in [2.45, 2.75) is 24.7 Å². The van der Waals surface area contributed by atoms with Crippen LogP contribution in [0.5, 0.6) is 0 Å². The molecular weight excluding hydrogens is 400 g/mol. The van der Waals surface area contributed by atoms with Crippen molar-refractivity contribution in [3.8, 4) is 0 Å². The van der Waals surface area contributed by atoms with Crippen LogP contribution < -0.4 is 10.9 Å². The molecule has 9 heteroatoms. The fraction of sp³-hybridized carbons (Fsp3) is 0.190. The normalized spacial score (nSPS) is 12.2. The zero-order valence-corrected chi connectivity index (χ0v) is 17.2. The van der Waals surface area contributed by atoms with Crippen LogP contribution in [0.15, 0.2) is 71.4 Å². The second-order valence-electron chi connectivity index (χ2n) is 6.70. The zero-order valence-electron chi connectivity index (χ0n) is 16.4. The van der Waals surface area contributed by atoms with E-state index >= 15 is 0 Å². The van der Waals surface area contributed by atoms with Gasteiger partial charge in [0.1, 0.15) is 0 Å². The van der Waals surface area contributed by atoms with E-state index in [1.54, 1.807) is 24.5 Å². The van der Waals surface area contributed by atoms with Crippen LogP contribution in [-0.2, 0) is 11.3 Å². The molecule has 4 aromatic rings. The van der Waals surface area contributed by atoms with Crippen LogP contribution in [0.2, 0.25) is 0 Å². The molecule has 0 spiro atoms. The first-order valence-corrected chi connectivity index (χ1v) is 10.4. The number of carbonyl (C=O) groups excluding carboxylic acids is 1. The van der Waals surface area contributed by atoms with E-state index in [0.29, 0.717) is 28.4 Å². The van der Waals surface area contributed by atoms with Crippen molar-refractivity contribution in [3.63, 3.8) is 0 Å². The molecule has 0 saturated heterocycles. The highest BCUT2D eigenvalue weighted by atomic mass is 32.2. The number of nitrogens with zero attached hydrogens (tertiary/aromatic N) is 5. The van der Waals surface area contributed by atoms with Gasteiger partial charge in [0.25, 0.3) is 5.56 Å². The maximum Gasteiger partial charge on any atom is 0.263 e. The van der Waals surface area contributed by atoms with Crippen LogP contribution in [0.1, 0.15) is 18.5 Å². The van der Waals surface area contributed by atoms with Crippen molar-refractivity contribution in [1.82, 2.24) is 29.5 Å². The number of nitrogens with one attached hydrogen (secondary N) is 1. The minimum Gasteiger partial charge on any atom is -0.349 e. The molecule has 0 aliphatic rings. The Hall–Kier alpha value is -3.46. The summed E-state index contributed by atoms with van der Waals surface area (Å²) in [5.41, 5.74) is 1.54. The Kier molecular flexibility index (Phi) is 5.62. The number of thioether (sulfide) groups is 1. The van der Waals surface area contributed by atoms with Crippen LogP contribution in [0, 0.1) is 0 Å². The lowest BCUT2D eigenvalue weighted by Gasteiger charge is -2.13. The molecule has 0 fully saturated rings. The highest BCUT2D eigenvalue weighted by Crippen LogP contribution is 2.22. The molecule has 8 nitrogen and oxygen atoms in total. The number of benzene rings is 1. The number of aromatic nitrogens is 5. The molecule has 1 amide bonds. The molecule has 1 unspecified atom stereocenters. The first-order chi connectivity index (χ1) is 14.6. The lowest BCUT2D eigenvalue weighted by molar-refractivity contribution is -0.119. The third-order valence-corrected chi connectivity index (χ3v) is 5.63. The Labute approximate surface area is 176 Å². The minimum absolute atomic E-state index is 0.121. The van der Waals surface area contributed by atoms with Crippen LogP contribution >= 0.6 is 11.8 Å². The second kappa shape index (κ2) is 8.50. The average Bonchev–Trinajstić information content (AvgIpc) is 3.20. The molecule has 0 aliphatic carbocycles. The van der Waals surface area contributed by atoms with E-state index in [-0.39, 0.29) is 23.3 Å². The molecule has 1 atom stereocenters. The number of amides is 1. The lowest BCUT2D eigenvalue weighted by atomic mass is 10.1. The van der Waals surface area contributed by atoms with E-state index in [4.69, 9.17) is 0 Å². The summed E-state index contributed by atoms with van der Waals surface area (Å²) in [6, 6.07) is 10.9. The van der Waals surface area contributed by atoms with Gasteiger partial charge < -0.3 is 5.32 Å². The molecule has 1 aromatic carbocycles. The van der Waals surface area contributed by atoms with Crippen molar-refractivity contribution in [3.05, 3.63) is 77.4 Å². The lowest BCUT2D eigenvalue weighted by Crippen LogP contribution is -2.28. The topological polar surface area (TPSA) is 94.2 Å². The monoisotopic (exact) mass is 420 g/mol. The predicted octanol–water partition coefficient (Wildman–Crippen LogP) is 2.59. The van der Waals surface area contributed by atoms with Crippen LogP contribution in [0.4, 0.5) is 0 Å². The summed E-state index contributed by atoms with van der Waals surface area (Å²) in [5.74, 6) is 0.474. The van der Waals surface area contributed by atoms with Crippen LogP contribution in [0.3, 0.4) is 0 Å².